The molecule has 0 atom stereocenters. The Balaban J connectivity index is 1.03. The molecular formula is C30H37N5O. The summed E-state index contributed by atoms with van der Waals surface area (Å²) < 4.78 is 0. The number of hydrogen-bond donors (Lipinski definition) is 1. The predicted molar refractivity (Wildman–Crippen MR) is 143 cm³/mol. The van der Waals surface area contributed by atoms with E-state index in [1.165, 1.54) is 16.7 Å². The van der Waals surface area contributed by atoms with E-state index in [-0.39, 0.29) is 11.9 Å². The monoisotopic (exact) mass is 483 g/mol. The van der Waals surface area contributed by atoms with Crippen LogP contribution in [-0.4, -0.2) is 70.9 Å². The van der Waals surface area contributed by atoms with E-state index in [1.807, 2.05) is 24.5 Å². The van der Waals surface area contributed by atoms with Crippen molar-refractivity contribution in [2.24, 2.45) is 0 Å². The molecular weight excluding hydrogens is 446 g/mol. The first-order valence-electron chi connectivity index (χ1n) is 13.2. The third-order valence-corrected chi connectivity index (χ3v) is 7.41. The van der Waals surface area contributed by atoms with E-state index in [0.717, 1.165) is 77.3 Å². The number of carbonyl (C=O) groups excluding carboxylic acids is 1. The second kappa shape index (κ2) is 12.3. The van der Waals surface area contributed by atoms with Crippen LogP contribution in [0.5, 0.6) is 0 Å². The van der Waals surface area contributed by atoms with Crippen LogP contribution in [0.1, 0.15) is 39.9 Å². The van der Waals surface area contributed by atoms with E-state index in [9.17, 15) is 4.79 Å². The second-order valence-corrected chi connectivity index (χ2v) is 10.1. The Hall–Kier alpha value is -3.06. The van der Waals surface area contributed by atoms with Crippen LogP contribution < -0.4 is 5.32 Å². The average Bonchev–Trinajstić information content (AvgIpc) is 2.92. The van der Waals surface area contributed by atoms with Crippen molar-refractivity contribution in [3.05, 3.63) is 101 Å². The number of nitrogens with one attached hydrogen (secondary N) is 1. The zero-order valence-corrected chi connectivity index (χ0v) is 21.1. The summed E-state index contributed by atoms with van der Waals surface area (Å²) in [5, 5.41) is 3.25. The van der Waals surface area contributed by atoms with Crippen molar-refractivity contribution >= 4 is 5.91 Å². The highest BCUT2D eigenvalue weighted by Gasteiger charge is 2.21. The Bertz CT molecular complexity index is 1070. The first kappa shape index (κ1) is 24.6. The summed E-state index contributed by atoms with van der Waals surface area (Å²) in [5.74, 6) is 0.0451. The number of aromatic nitrogens is 1. The van der Waals surface area contributed by atoms with Crippen LogP contribution in [0.4, 0.5) is 0 Å². The van der Waals surface area contributed by atoms with E-state index in [2.05, 4.69) is 79.6 Å². The molecule has 2 saturated heterocycles. The van der Waals surface area contributed by atoms with E-state index < -0.39 is 0 Å². The molecule has 1 aromatic heterocycles. The summed E-state index contributed by atoms with van der Waals surface area (Å²) in [4.78, 5) is 24.4. The van der Waals surface area contributed by atoms with Gasteiger partial charge in [0.25, 0.3) is 5.91 Å². The van der Waals surface area contributed by atoms with Crippen LogP contribution in [-0.2, 0) is 19.6 Å². The van der Waals surface area contributed by atoms with Gasteiger partial charge < -0.3 is 5.32 Å². The van der Waals surface area contributed by atoms with Gasteiger partial charge in [0.05, 0.1) is 0 Å². The van der Waals surface area contributed by atoms with E-state index in [4.69, 9.17) is 0 Å². The highest BCUT2D eigenvalue weighted by atomic mass is 16.1. The fourth-order valence-electron chi connectivity index (χ4n) is 5.22. The minimum atomic E-state index is 0.0451. The molecule has 0 spiro atoms. The molecule has 2 aliphatic rings. The lowest BCUT2D eigenvalue weighted by atomic mass is 10.0. The molecule has 2 aromatic carbocycles. The number of piperazine rings is 1. The predicted octanol–water partition coefficient (Wildman–Crippen LogP) is 3.79. The fraction of sp³-hybridized carbons (Fsp3) is 0.400. The van der Waals surface area contributed by atoms with Crippen molar-refractivity contribution in [3.63, 3.8) is 0 Å². The molecule has 1 amide bonds. The van der Waals surface area contributed by atoms with Crippen molar-refractivity contribution in [1.82, 2.24) is 25.0 Å². The van der Waals surface area contributed by atoms with Crippen LogP contribution in [0, 0.1) is 0 Å². The van der Waals surface area contributed by atoms with Gasteiger partial charge in [0.1, 0.15) is 0 Å². The number of likely N-dealkylation sites (tertiary alicyclic amines) is 1. The van der Waals surface area contributed by atoms with Crippen LogP contribution in [0.3, 0.4) is 0 Å². The summed E-state index contributed by atoms with van der Waals surface area (Å²) in [5.41, 5.74) is 4.70. The van der Waals surface area contributed by atoms with Gasteiger partial charge in [-0.1, -0.05) is 42.5 Å². The maximum atomic E-state index is 12.8. The summed E-state index contributed by atoms with van der Waals surface area (Å²) in [6.07, 6.45) is 5.68. The van der Waals surface area contributed by atoms with Gasteiger partial charge in [-0.05, 0) is 53.8 Å². The molecule has 0 unspecified atom stereocenters. The standard InChI is InChI=1S/C30H37N5O/c36-30(32-29-12-16-33(17-13-29)24-27-10-14-31-15-11-27)28-8-6-26(7-9-28)23-35-20-18-34(19-21-35)22-25-4-2-1-3-5-25/h1-11,14-15,29H,12-13,16-24H2,(H,32,36). The zero-order chi connectivity index (χ0) is 24.6. The number of amides is 1. The van der Waals surface area contributed by atoms with Gasteiger partial charge in [0, 0.05) is 82.9 Å². The van der Waals surface area contributed by atoms with Gasteiger partial charge in [0.2, 0.25) is 0 Å². The summed E-state index contributed by atoms with van der Waals surface area (Å²) in [6, 6.07) is 23.3. The maximum Gasteiger partial charge on any atom is 0.251 e. The molecule has 0 bridgehead atoms. The first-order chi connectivity index (χ1) is 17.7. The molecule has 188 valence electrons. The van der Waals surface area contributed by atoms with Crippen LogP contribution in [0.2, 0.25) is 0 Å². The van der Waals surface area contributed by atoms with Gasteiger partial charge in [0.15, 0.2) is 0 Å². The Kier molecular flexibility index (Phi) is 8.39. The number of hydrogen-bond acceptors (Lipinski definition) is 5. The molecule has 0 radical (unpaired) electrons. The minimum absolute atomic E-state index is 0.0451. The van der Waals surface area contributed by atoms with Crippen molar-refractivity contribution in [2.75, 3.05) is 39.3 Å². The second-order valence-electron chi connectivity index (χ2n) is 10.1. The van der Waals surface area contributed by atoms with Gasteiger partial charge in [-0.25, -0.2) is 0 Å². The Morgan fingerprint density at radius 3 is 1.75 bits per heavy atom. The molecule has 3 aromatic rings. The Morgan fingerprint density at radius 2 is 1.17 bits per heavy atom. The lowest BCUT2D eigenvalue weighted by molar-refractivity contribution is 0.0909. The van der Waals surface area contributed by atoms with Crippen molar-refractivity contribution in [2.45, 2.75) is 38.5 Å². The molecule has 0 aliphatic carbocycles. The summed E-state index contributed by atoms with van der Waals surface area (Å²) in [6.45, 7) is 9.28. The summed E-state index contributed by atoms with van der Waals surface area (Å²) in [7, 11) is 0. The van der Waals surface area contributed by atoms with E-state index in [1.54, 1.807) is 0 Å². The highest BCUT2D eigenvalue weighted by molar-refractivity contribution is 5.94. The molecule has 2 aliphatic heterocycles. The molecule has 6 nitrogen and oxygen atoms in total. The van der Waals surface area contributed by atoms with Gasteiger partial charge in [-0.2, -0.15) is 0 Å². The quantitative estimate of drug-likeness (QED) is 0.528. The SMILES string of the molecule is O=C(NC1CCN(Cc2ccncc2)CC1)c1ccc(CN2CCN(Cc3ccccc3)CC2)cc1. The maximum absolute atomic E-state index is 12.8. The number of piperidine rings is 1. The molecule has 3 heterocycles. The van der Waals surface area contributed by atoms with Crippen molar-refractivity contribution < 1.29 is 4.79 Å². The molecule has 5 rings (SSSR count). The lowest BCUT2D eigenvalue weighted by Gasteiger charge is -2.34. The highest BCUT2D eigenvalue weighted by Crippen LogP contribution is 2.16. The third kappa shape index (κ3) is 7.00. The largest absolute Gasteiger partial charge is 0.349 e. The van der Waals surface area contributed by atoms with Gasteiger partial charge in [-0.15, -0.1) is 0 Å². The van der Waals surface area contributed by atoms with Crippen LogP contribution in [0.25, 0.3) is 0 Å². The number of benzene rings is 2. The normalized spacial score (nSPS) is 18.2. The lowest BCUT2D eigenvalue weighted by Crippen LogP contribution is -2.45. The van der Waals surface area contributed by atoms with E-state index >= 15 is 0 Å². The number of rotatable bonds is 8. The molecule has 0 saturated carbocycles. The number of nitrogens with zero attached hydrogens (tertiary/aromatic N) is 4. The smallest absolute Gasteiger partial charge is 0.251 e. The molecule has 6 heteroatoms. The molecule has 1 N–H and O–H groups in total. The van der Waals surface area contributed by atoms with E-state index in [0.29, 0.717) is 0 Å². The summed E-state index contributed by atoms with van der Waals surface area (Å²) >= 11 is 0. The van der Waals surface area contributed by atoms with Crippen LogP contribution >= 0.6 is 0 Å². The zero-order valence-electron chi connectivity index (χ0n) is 21.1. The topological polar surface area (TPSA) is 51.7 Å². The minimum Gasteiger partial charge on any atom is -0.349 e. The fourth-order valence-corrected chi connectivity index (χ4v) is 5.22. The molecule has 36 heavy (non-hydrogen) atoms. The van der Waals surface area contributed by atoms with Gasteiger partial charge >= 0.3 is 0 Å². The van der Waals surface area contributed by atoms with Crippen molar-refractivity contribution in [3.8, 4) is 0 Å². The van der Waals surface area contributed by atoms with Gasteiger partial charge in [-0.3, -0.25) is 24.5 Å². The number of pyridine rings is 1. The van der Waals surface area contributed by atoms with Crippen LogP contribution in [0.15, 0.2) is 79.1 Å². The Morgan fingerprint density at radius 1 is 0.667 bits per heavy atom. The number of carbonyl (C=O) groups is 1. The average molecular weight is 484 g/mol. The van der Waals surface area contributed by atoms with Crippen molar-refractivity contribution in [1.29, 1.82) is 0 Å². The first-order valence-corrected chi connectivity index (χ1v) is 13.2. The third-order valence-electron chi connectivity index (χ3n) is 7.41. The molecule has 2 fully saturated rings. The Labute approximate surface area is 214 Å².